The fraction of sp³-hybridized carbons (Fsp3) is 0.458. The number of carbonyl (C=O) groups is 1. The Balaban J connectivity index is 1.89. The van der Waals surface area contributed by atoms with E-state index in [0.29, 0.717) is 28.6 Å². The van der Waals surface area contributed by atoms with Gasteiger partial charge in [0.25, 0.3) is 10.0 Å². The molecule has 0 saturated carbocycles. The number of ether oxygens (including phenoxy) is 1. The summed E-state index contributed by atoms with van der Waals surface area (Å²) >= 11 is 1.54. The molecule has 9 heteroatoms. The first-order chi connectivity index (χ1) is 15.6. The standard InChI is InChI=1S/C24H33N3O4S2/c1-24(2,3)32-17-23(28)25-19-10-13-21(27-14-6-5-7-15-27)22(16-19)33(29,30)26-18-8-11-20(31-4)12-9-18/h8-13,16,26H,5-7,14-15,17H2,1-4H3,(H,25,28). The summed E-state index contributed by atoms with van der Waals surface area (Å²) in [6, 6.07) is 11.8. The highest BCUT2D eigenvalue weighted by Crippen LogP contribution is 2.32. The molecule has 2 aromatic carbocycles. The average Bonchev–Trinajstić information content (AvgIpc) is 2.78. The molecule has 0 radical (unpaired) electrons. The second kappa shape index (κ2) is 10.7. The molecular formula is C24H33N3O4S2. The Morgan fingerprint density at radius 2 is 1.67 bits per heavy atom. The van der Waals surface area contributed by atoms with Crippen LogP contribution in [-0.4, -0.2) is 45.0 Å². The molecule has 1 amide bonds. The zero-order chi connectivity index (χ0) is 24.1. The van der Waals surface area contributed by atoms with Crippen LogP contribution in [0.15, 0.2) is 47.4 Å². The first-order valence-electron chi connectivity index (χ1n) is 11.1. The molecule has 1 aliphatic rings. The topological polar surface area (TPSA) is 87.7 Å². The van der Waals surface area contributed by atoms with E-state index in [-0.39, 0.29) is 15.5 Å². The molecule has 1 heterocycles. The van der Waals surface area contributed by atoms with E-state index in [2.05, 4.69) is 14.9 Å². The van der Waals surface area contributed by atoms with Crippen LogP contribution in [0, 0.1) is 0 Å². The average molecular weight is 492 g/mol. The van der Waals surface area contributed by atoms with Crippen LogP contribution in [0.2, 0.25) is 0 Å². The number of thioether (sulfide) groups is 1. The number of piperidine rings is 1. The Morgan fingerprint density at radius 1 is 1.03 bits per heavy atom. The molecule has 2 aromatic rings. The molecule has 0 spiro atoms. The van der Waals surface area contributed by atoms with Crippen molar-refractivity contribution in [1.82, 2.24) is 0 Å². The number of benzene rings is 2. The SMILES string of the molecule is COc1ccc(NS(=O)(=O)c2cc(NC(=O)CSC(C)(C)C)ccc2N2CCCCC2)cc1. The summed E-state index contributed by atoms with van der Waals surface area (Å²) < 4.78 is 34.6. The minimum absolute atomic E-state index is 0.0355. The molecule has 180 valence electrons. The third-order valence-corrected chi connectivity index (χ3v) is 7.89. The second-order valence-electron chi connectivity index (χ2n) is 9.01. The predicted octanol–water partition coefficient (Wildman–Crippen LogP) is 4.96. The number of hydrogen-bond acceptors (Lipinski definition) is 6. The van der Waals surface area contributed by atoms with Crippen molar-refractivity contribution in [2.75, 3.05) is 40.9 Å². The summed E-state index contributed by atoms with van der Waals surface area (Å²) in [7, 11) is -2.34. The van der Waals surface area contributed by atoms with Gasteiger partial charge in [0.15, 0.2) is 0 Å². The highest BCUT2D eigenvalue weighted by Gasteiger charge is 2.24. The highest BCUT2D eigenvalue weighted by molar-refractivity contribution is 8.01. The summed E-state index contributed by atoms with van der Waals surface area (Å²) in [5, 5.41) is 2.85. The number of carbonyl (C=O) groups excluding carboxylic acids is 1. The van der Waals surface area contributed by atoms with Gasteiger partial charge < -0.3 is 15.0 Å². The maximum absolute atomic E-state index is 13.4. The van der Waals surface area contributed by atoms with Gasteiger partial charge in [-0.05, 0) is 61.7 Å². The van der Waals surface area contributed by atoms with Gasteiger partial charge in [0.1, 0.15) is 10.6 Å². The minimum atomic E-state index is -3.90. The van der Waals surface area contributed by atoms with Gasteiger partial charge in [-0.15, -0.1) is 11.8 Å². The Morgan fingerprint density at radius 3 is 2.27 bits per heavy atom. The maximum Gasteiger partial charge on any atom is 0.264 e. The van der Waals surface area contributed by atoms with Crippen molar-refractivity contribution in [2.24, 2.45) is 0 Å². The zero-order valence-electron chi connectivity index (χ0n) is 19.7. The lowest BCUT2D eigenvalue weighted by Crippen LogP contribution is -2.31. The number of rotatable bonds is 8. The summed E-state index contributed by atoms with van der Waals surface area (Å²) in [5.74, 6) is 0.778. The van der Waals surface area contributed by atoms with Crippen molar-refractivity contribution in [3.05, 3.63) is 42.5 Å². The van der Waals surface area contributed by atoms with Gasteiger partial charge in [-0.25, -0.2) is 8.42 Å². The maximum atomic E-state index is 13.4. The normalized spacial score (nSPS) is 14.6. The molecule has 0 unspecified atom stereocenters. The minimum Gasteiger partial charge on any atom is -0.497 e. The van der Waals surface area contributed by atoms with Crippen LogP contribution in [0.5, 0.6) is 5.75 Å². The Kier molecular flexibility index (Phi) is 8.18. The van der Waals surface area contributed by atoms with E-state index in [1.807, 2.05) is 20.8 Å². The molecule has 0 aromatic heterocycles. The number of hydrogen-bond donors (Lipinski definition) is 2. The molecule has 0 aliphatic carbocycles. The van der Waals surface area contributed by atoms with Crippen LogP contribution < -0.4 is 19.7 Å². The molecular weight excluding hydrogens is 458 g/mol. The van der Waals surface area contributed by atoms with E-state index in [1.54, 1.807) is 61.3 Å². The van der Waals surface area contributed by atoms with E-state index in [0.717, 1.165) is 32.4 Å². The Hall–Kier alpha value is -2.39. The van der Waals surface area contributed by atoms with Gasteiger partial charge >= 0.3 is 0 Å². The van der Waals surface area contributed by atoms with Crippen LogP contribution in [0.3, 0.4) is 0 Å². The number of amides is 1. The number of sulfonamides is 1. The van der Waals surface area contributed by atoms with Gasteiger partial charge in [0.05, 0.1) is 18.6 Å². The van der Waals surface area contributed by atoms with Crippen LogP contribution in [0.4, 0.5) is 17.1 Å². The Labute approximate surface area is 201 Å². The fourth-order valence-electron chi connectivity index (χ4n) is 3.55. The smallest absolute Gasteiger partial charge is 0.264 e. The zero-order valence-corrected chi connectivity index (χ0v) is 21.3. The van der Waals surface area contributed by atoms with Crippen LogP contribution in [-0.2, 0) is 14.8 Å². The largest absolute Gasteiger partial charge is 0.497 e. The van der Waals surface area contributed by atoms with Gasteiger partial charge in [0, 0.05) is 29.2 Å². The lowest BCUT2D eigenvalue weighted by molar-refractivity contribution is -0.113. The number of nitrogens with zero attached hydrogens (tertiary/aromatic N) is 1. The van der Waals surface area contributed by atoms with E-state index in [9.17, 15) is 13.2 Å². The summed E-state index contributed by atoms with van der Waals surface area (Å²) in [4.78, 5) is 14.7. The molecule has 7 nitrogen and oxygen atoms in total. The van der Waals surface area contributed by atoms with Crippen molar-refractivity contribution >= 4 is 44.8 Å². The summed E-state index contributed by atoms with van der Waals surface area (Å²) in [6.07, 6.45) is 3.18. The van der Waals surface area contributed by atoms with Crippen molar-refractivity contribution in [3.8, 4) is 5.75 Å². The first-order valence-corrected chi connectivity index (χ1v) is 13.5. The third-order valence-electron chi connectivity index (χ3n) is 5.21. The molecule has 3 rings (SSSR count). The number of methoxy groups -OCH3 is 1. The van der Waals surface area contributed by atoms with Crippen molar-refractivity contribution in [2.45, 2.75) is 49.7 Å². The third kappa shape index (κ3) is 7.30. The van der Waals surface area contributed by atoms with Crippen molar-refractivity contribution < 1.29 is 17.9 Å². The van der Waals surface area contributed by atoms with Gasteiger partial charge in [-0.1, -0.05) is 20.8 Å². The molecule has 33 heavy (non-hydrogen) atoms. The van der Waals surface area contributed by atoms with E-state index in [4.69, 9.17) is 4.74 Å². The number of nitrogens with one attached hydrogen (secondary N) is 2. The molecule has 0 bridgehead atoms. The monoisotopic (exact) mass is 491 g/mol. The summed E-state index contributed by atoms with van der Waals surface area (Å²) in [6.45, 7) is 7.76. The lowest BCUT2D eigenvalue weighted by atomic mass is 10.1. The van der Waals surface area contributed by atoms with Crippen LogP contribution in [0.1, 0.15) is 40.0 Å². The predicted molar refractivity (Wildman–Crippen MR) is 137 cm³/mol. The lowest BCUT2D eigenvalue weighted by Gasteiger charge is -2.30. The second-order valence-corrected chi connectivity index (χ2v) is 12.5. The Bertz CT molecular complexity index is 1060. The molecule has 2 N–H and O–H groups in total. The van der Waals surface area contributed by atoms with Crippen LogP contribution in [0.25, 0.3) is 0 Å². The quantitative estimate of drug-likeness (QED) is 0.543. The van der Waals surface area contributed by atoms with Gasteiger partial charge in [-0.2, -0.15) is 0 Å². The fourth-order valence-corrected chi connectivity index (χ4v) is 5.50. The molecule has 1 saturated heterocycles. The van der Waals surface area contributed by atoms with Crippen LogP contribution >= 0.6 is 11.8 Å². The molecule has 0 atom stereocenters. The van der Waals surface area contributed by atoms with Crippen molar-refractivity contribution in [3.63, 3.8) is 0 Å². The first kappa shape index (κ1) is 25.2. The van der Waals surface area contributed by atoms with E-state index in [1.165, 1.54) is 0 Å². The van der Waals surface area contributed by atoms with Gasteiger partial charge in [0.2, 0.25) is 5.91 Å². The molecule has 1 fully saturated rings. The van der Waals surface area contributed by atoms with Gasteiger partial charge in [-0.3, -0.25) is 9.52 Å². The highest BCUT2D eigenvalue weighted by atomic mass is 32.2. The van der Waals surface area contributed by atoms with E-state index >= 15 is 0 Å². The molecule has 1 aliphatic heterocycles. The number of anilines is 3. The summed E-state index contributed by atoms with van der Waals surface area (Å²) in [5.41, 5.74) is 1.56. The van der Waals surface area contributed by atoms with E-state index < -0.39 is 10.0 Å². The van der Waals surface area contributed by atoms with Crippen molar-refractivity contribution in [1.29, 1.82) is 0 Å².